The van der Waals surface area contributed by atoms with Gasteiger partial charge < -0.3 is 15.0 Å². The van der Waals surface area contributed by atoms with Crippen LogP contribution in [0.3, 0.4) is 0 Å². The molecule has 6 nitrogen and oxygen atoms in total. The van der Waals surface area contributed by atoms with E-state index in [0.717, 1.165) is 5.56 Å². The van der Waals surface area contributed by atoms with Gasteiger partial charge in [0, 0.05) is 24.6 Å². The maximum Gasteiger partial charge on any atom is 0.336 e. The van der Waals surface area contributed by atoms with Crippen molar-refractivity contribution in [1.82, 2.24) is 10.2 Å². The zero-order chi connectivity index (χ0) is 22.4. The molecule has 0 fully saturated rings. The smallest absolute Gasteiger partial charge is 0.336 e. The van der Waals surface area contributed by atoms with Gasteiger partial charge in [-0.3, -0.25) is 9.59 Å². The molecule has 1 aliphatic rings. The number of hydrogen-bond donors (Lipinski definition) is 1. The molecular weight excluding hydrogens is 399 g/mol. The maximum absolute atomic E-state index is 13.4. The fourth-order valence-corrected chi connectivity index (χ4v) is 3.65. The molecule has 2 aromatic rings. The summed E-state index contributed by atoms with van der Waals surface area (Å²) in [6.07, 6.45) is -0.0108. The van der Waals surface area contributed by atoms with E-state index in [1.807, 2.05) is 30.3 Å². The van der Waals surface area contributed by atoms with Gasteiger partial charge in [-0.15, -0.1) is 0 Å². The van der Waals surface area contributed by atoms with Gasteiger partial charge in [0.25, 0.3) is 0 Å². The molecule has 0 radical (unpaired) electrons. The summed E-state index contributed by atoms with van der Waals surface area (Å²) < 4.78 is 18.6. The molecule has 2 aromatic carbocycles. The minimum absolute atomic E-state index is 0.0108. The molecule has 0 spiro atoms. The largest absolute Gasteiger partial charge is 0.463 e. The Hall–Kier alpha value is -3.48. The Bertz CT molecular complexity index is 986. The molecule has 3 rings (SSSR count). The quantitative estimate of drug-likeness (QED) is 0.692. The van der Waals surface area contributed by atoms with Gasteiger partial charge in [-0.1, -0.05) is 42.5 Å². The Kier molecular flexibility index (Phi) is 7.18. The van der Waals surface area contributed by atoms with Gasteiger partial charge >= 0.3 is 5.97 Å². The summed E-state index contributed by atoms with van der Waals surface area (Å²) in [5.41, 5.74) is 2.27. The van der Waals surface area contributed by atoms with Crippen LogP contribution in [0.15, 0.2) is 65.9 Å². The summed E-state index contributed by atoms with van der Waals surface area (Å²) in [6, 6.07) is 15.1. The van der Waals surface area contributed by atoms with Crippen LogP contribution in [-0.2, 0) is 25.7 Å². The lowest BCUT2D eigenvalue weighted by molar-refractivity contribution is -0.141. The molecule has 1 atom stereocenters. The Morgan fingerprint density at radius 2 is 1.81 bits per heavy atom. The van der Waals surface area contributed by atoms with Crippen LogP contribution in [0.25, 0.3) is 0 Å². The average molecular weight is 424 g/mol. The lowest BCUT2D eigenvalue weighted by atomic mass is 9.83. The molecule has 1 aliphatic heterocycles. The van der Waals surface area contributed by atoms with E-state index in [1.165, 1.54) is 17.0 Å². The molecule has 2 amide bonds. The van der Waals surface area contributed by atoms with Crippen molar-refractivity contribution in [3.63, 3.8) is 0 Å². The van der Waals surface area contributed by atoms with Crippen LogP contribution in [0.4, 0.5) is 4.39 Å². The van der Waals surface area contributed by atoms with E-state index < -0.39 is 17.7 Å². The molecule has 0 bridgehead atoms. The van der Waals surface area contributed by atoms with Crippen LogP contribution in [-0.4, -0.2) is 35.8 Å². The summed E-state index contributed by atoms with van der Waals surface area (Å²) >= 11 is 0. The van der Waals surface area contributed by atoms with Gasteiger partial charge in [-0.05, 0) is 37.1 Å². The minimum Gasteiger partial charge on any atom is -0.463 e. The molecule has 1 N–H and O–H groups in total. The summed E-state index contributed by atoms with van der Waals surface area (Å²) in [4.78, 5) is 39.4. The number of hydrogen-bond acceptors (Lipinski definition) is 4. The van der Waals surface area contributed by atoms with E-state index in [-0.39, 0.29) is 31.4 Å². The zero-order valence-electron chi connectivity index (χ0n) is 17.6. The molecule has 0 aliphatic carbocycles. The van der Waals surface area contributed by atoms with Crippen molar-refractivity contribution >= 4 is 17.8 Å². The number of nitrogens with zero attached hydrogens (tertiary/aromatic N) is 1. The van der Waals surface area contributed by atoms with Crippen molar-refractivity contribution < 1.29 is 23.5 Å². The van der Waals surface area contributed by atoms with E-state index in [0.29, 0.717) is 23.4 Å². The summed E-state index contributed by atoms with van der Waals surface area (Å²) in [6.45, 7) is 3.65. The van der Waals surface area contributed by atoms with E-state index in [2.05, 4.69) is 5.32 Å². The second-order valence-electron chi connectivity index (χ2n) is 7.27. The number of allylic oxidation sites excluding steroid dienone is 1. The Morgan fingerprint density at radius 1 is 1.13 bits per heavy atom. The van der Waals surface area contributed by atoms with Crippen LogP contribution in [0.2, 0.25) is 0 Å². The first-order chi connectivity index (χ1) is 14.9. The fraction of sp³-hybridized carbons (Fsp3) is 0.292. The number of nitrogens with one attached hydrogen (secondary N) is 1. The number of ether oxygens (including phenoxy) is 1. The van der Waals surface area contributed by atoms with E-state index in [4.69, 9.17) is 4.74 Å². The Labute approximate surface area is 180 Å². The van der Waals surface area contributed by atoms with Gasteiger partial charge in [0.1, 0.15) is 12.4 Å². The van der Waals surface area contributed by atoms with Gasteiger partial charge in [0.15, 0.2) is 0 Å². The molecule has 0 saturated heterocycles. The first-order valence-corrected chi connectivity index (χ1v) is 10.1. The van der Waals surface area contributed by atoms with E-state index in [9.17, 15) is 18.8 Å². The third-order valence-corrected chi connectivity index (χ3v) is 5.22. The molecule has 7 heteroatoms. The third-order valence-electron chi connectivity index (χ3n) is 5.22. The number of esters is 1. The predicted molar refractivity (Wildman–Crippen MR) is 113 cm³/mol. The van der Waals surface area contributed by atoms with Crippen LogP contribution >= 0.6 is 0 Å². The monoisotopic (exact) mass is 424 g/mol. The lowest BCUT2D eigenvalue weighted by Crippen LogP contribution is -2.44. The fourth-order valence-electron chi connectivity index (χ4n) is 3.65. The van der Waals surface area contributed by atoms with Crippen molar-refractivity contribution in [3.05, 3.63) is 82.8 Å². The van der Waals surface area contributed by atoms with Gasteiger partial charge in [0.2, 0.25) is 11.8 Å². The van der Waals surface area contributed by atoms with Crippen molar-refractivity contribution in [2.75, 3.05) is 13.2 Å². The molecule has 1 heterocycles. The van der Waals surface area contributed by atoms with Crippen molar-refractivity contribution in [1.29, 1.82) is 0 Å². The number of carbonyl (C=O) groups excluding carboxylic acids is 3. The Balaban J connectivity index is 1.83. The second-order valence-corrected chi connectivity index (χ2v) is 7.27. The minimum atomic E-state index is -0.559. The first-order valence-electron chi connectivity index (χ1n) is 10.1. The highest BCUT2D eigenvalue weighted by molar-refractivity contribution is 5.97. The number of amides is 2. The van der Waals surface area contributed by atoms with Crippen LogP contribution < -0.4 is 5.32 Å². The number of rotatable bonds is 7. The van der Waals surface area contributed by atoms with Crippen molar-refractivity contribution in [3.8, 4) is 0 Å². The van der Waals surface area contributed by atoms with E-state index >= 15 is 0 Å². The highest BCUT2D eigenvalue weighted by Gasteiger charge is 2.37. The molecular formula is C24H25FN2O4. The zero-order valence-corrected chi connectivity index (χ0v) is 17.6. The van der Waals surface area contributed by atoms with Gasteiger partial charge in [-0.2, -0.15) is 0 Å². The highest BCUT2D eigenvalue weighted by atomic mass is 19.1. The first kappa shape index (κ1) is 22.2. The molecule has 0 saturated carbocycles. The van der Waals surface area contributed by atoms with E-state index in [1.54, 1.807) is 26.0 Å². The van der Waals surface area contributed by atoms with Gasteiger partial charge in [0.05, 0.1) is 12.2 Å². The Morgan fingerprint density at radius 3 is 2.45 bits per heavy atom. The number of halogens is 1. The predicted octanol–water partition coefficient (Wildman–Crippen LogP) is 3.30. The summed E-state index contributed by atoms with van der Waals surface area (Å²) in [5, 5.41) is 2.79. The molecule has 31 heavy (non-hydrogen) atoms. The van der Waals surface area contributed by atoms with Gasteiger partial charge in [-0.25, -0.2) is 9.18 Å². The lowest BCUT2D eigenvalue weighted by Gasteiger charge is -2.34. The highest BCUT2D eigenvalue weighted by Crippen LogP contribution is 2.37. The average Bonchev–Trinajstić information content (AvgIpc) is 2.76. The normalized spacial score (nSPS) is 16.3. The van der Waals surface area contributed by atoms with Crippen LogP contribution in [0, 0.1) is 5.82 Å². The summed E-state index contributed by atoms with van der Waals surface area (Å²) in [5.74, 6) is -2.12. The SMILES string of the molecule is CCOC(=O)C1=C(C)N(CC(=O)NCc2ccccc2)C(=O)CC1c1ccc(F)cc1. The third kappa shape index (κ3) is 5.36. The van der Waals surface area contributed by atoms with Crippen molar-refractivity contribution in [2.45, 2.75) is 32.7 Å². The molecule has 1 unspecified atom stereocenters. The van der Waals surface area contributed by atoms with Crippen LogP contribution in [0.1, 0.15) is 37.3 Å². The standard InChI is InChI=1S/C24H25FN2O4/c1-3-31-24(30)23-16(2)27(15-21(28)26-14-17-7-5-4-6-8-17)22(29)13-20(23)18-9-11-19(25)12-10-18/h4-12,20H,3,13-15H2,1-2H3,(H,26,28). The summed E-state index contributed by atoms with van der Waals surface area (Å²) in [7, 11) is 0. The number of benzene rings is 2. The van der Waals surface area contributed by atoms with Crippen molar-refractivity contribution in [2.24, 2.45) is 0 Å². The molecule has 162 valence electrons. The molecule has 0 aromatic heterocycles. The maximum atomic E-state index is 13.4. The topological polar surface area (TPSA) is 75.7 Å². The van der Waals surface area contributed by atoms with Crippen LogP contribution in [0.5, 0.6) is 0 Å². The number of carbonyl (C=O) groups is 3. The second kappa shape index (κ2) is 10.0.